The van der Waals surface area contributed by atoms with Crippen molar-refractivity contribution in [3.63, 3.8) is 0 Å². The first-order chi connectivity index (χ1) is 8.77. The van der Waals surface area contributed by atoms with Crippen LogP contribution in [0.4, 0.5) is 0 Å². The fraction of sp³-hybridized carbons (Fsp3) is 0.647. The third-order valence-electron chi connectivity index (χ3n) is 3.66. The van der Waals surface area contributed by atoms with Crippen LogP contribution < -0.4 is 5.32 Å². The van der Waals surface area contributed by atoms with Crippen molar-refractivity contribution in [2.24, 2.45) is 0 Å². The highest BCUT2D eigenvalue weighted by molar-refractivity contribution is 5.25. The maximum absolute atomic E-state index is 3.45. The molecule has 0 heterocycles. The SMILES string of the molecule is CCCNCCCCc1ccc(C(C)CC)cc1. The van der Waals surface area contributed by atoms with Crippen molar-refractivity contribution in [3.8, 4) is 0 Å². The smallest absolute Gasteiger partial charge is 0.00488 e. The second-order valence-corrected chi connectivity index (χ2v) is 5.26. The van der Waals surface area contributed by atoms with Crippen LogP contribution in [0.25, 0.3) is 0 Å². The Bertz CT molecular complexity index is 302. The van der Waals surface area contributed by atoms with Gasteiger partial charge in [0.25, 0.3) is 0 Å². The zero-order chi connectivity index (χ0) is 13.2. The second-order valence-electron chi connectivity index (χ2n) is 5.26. The lowest BCUT2D eigenvalue weighted by Gasteiger charge is -2.09. The predicted octanol–water partition coefficient (Wildman–Crippen LogP) is 4.52. The standard InChI is InChI=1S/C17H29N/c1-4-13-18-14-7-6-8-16-9-11-17(12-10-16)15(3)5-2/h9-12,15,18H,4-8,13-14H2,1-3H3. The molecule has 1 atom stereocenters. The Morgan fingerprint density at radius 2 is 1.72 bits per heavy atom. The van der Waals surface area contributed by atoms with E-state index >= 15 is 0 Å². The molecule has 18 heavy (non-hydrogen) atoms. The van der Waals surface area contributed by atoms with Gasteiger partial charge in [-0.1, -0.05) is 45.0 Å². The first-order valence-corrected chi connectivity index (χ1v) is 7.57. The molecule has 0 aromatic heterocycles. The van der Waals surface area contributed by atoms with Gasteiger partial charge in [0, 0.05) is 0 Å². The molecular formula is C17H29N. The lowest BCUT2D eigenvalue weighted by Crippen LogP contribution is -2.15. The minimum atomic E-state index is 0.692. The molecule has 0 saturated heterocycles. The molecule has 1 aromatic carbocycles. The number of hydrogen-bond donors (Lipinski definition) is 1. The van der Waals surface area contributed by atoms with E-state index in [1.165, 1.54) is 49.8 Å². The Morgan fingerprint density at radius 3 is 2.33 bits per heavy atom. The normalized spacial score (nSPS) is 12.6. The van der Waals surface area contributed by atoms with Gasteiger partial charge in [-0.15, -0.1) is 0 Å². The summed E-state index contributed by atoms with van der Waals surface area (Å²) in [5.74, 6) is 0.692. The Hall–Kier alpha value is -0.820. The van der Waals surface area contributed by atoms with E-state index in [1.54, 1.807) is 0 Å². The zero-order valence-corrected chi connectivity index (χ0v) is 12.3. The Labute approximate surface area is 113 Å². The number of rotatable bonds is 9. The van der Waals surface area contributed by atoms with Gasteiger partial charge in [-0.2, -0.15) is 0 Å². The summed E-state index contributed by atoms with van der Waals surface area (Å²) in [6.45, 7) is 9.09. The highest BCUT2D eigenvalue weighted by atomic mass is 14.8. The molecule has 0 aliphatic rings. The van der Waals surface area contributed by atoms with E-state index in [1.807, 2.05) is 0 Å². The topological polar surface area (TPSA) is 12.0 Å². The zero-order valence-electron chi connectivity index (χ0n) is 12.3. The molecule has 0 aliphatic carbocycles. The Balaban J connectivity index is 2.22. The quantitative estimate of drug-likeness (QED) is 0.633. The van der Waals surface area contributed by atoms with Crippen LogP contribution in [0.5, 0.6) is 0 Å². The molecule has 0 amide bonds. The summed E-state index contributed by atoms with van der Waals surface area (Å²) in [5, 5.41) is 3.45. The molecule has 0 saturated carbocycles. The van der Waals surface area contributed by atoms with Crippen LogP contribution in [0, 0.1) is 0 Å². The maximum atomic E-state index is 3.45. The van der Waals surface area contributed by atoms with Gasteiger partial charge < -0.3 is 5.32 Å². The minimum Gasteiger partial charge on any atom is -0.317 e. The van der Waals surface area contributed by atoms with E-state index in [9.17, 15) is 0 Å². The number of benzene rings is 1. The summed E-state index contributed by atoms with van der Waals surface area (Å²) in [7, 11) is 0. The average molecular weight is 247 g/mol. The average Bonchev–Trinajstić information content (AvgIpc) is 2.42. The molecule has 0 spiro atoms. The highest BCUT2D eigenvalue weighted by Gasteiger charge is 2.02. The maximum Gasteiger partial charge on any atom is -0.00488 e. The van der Waals surface area contributed by atoms with Gasteiger partial charge in [-0.25, -0.2) is 0 Å². The summed E-state index contributed by atoms with van der Waals surface area (Å²) in [6, 6.07) is 9.22. The van der Waals surface area contributed by atoms with E-state index in [-0.39, 0.29) is 0 Å². The molecule has 0 fully saturated rings. The molecule has 0 aliphatic heterocycles. The van der Waals surface area contributed by atoms with Crippen molar-refractivity contribution >= 4 is 0 Å². The molecule has 0 radical (unpaired) electrons. The number of unbranched alkanes of at least 4 members (excludes halogenated alkanes) is 1. The fourth-order valence-electron chi connectivity index (χ4n) is 2.13. The molecule has 0 bridgehead atoms. The van der Waals surface area contributed by atoms with E-state index in [4.69, 9.17) is 0 Å². The van der Waals surface area contributed by atoms with Crippen molar-refractivity contribution in [1.29, 1.82) is 0 Å². The van der Waals surface area contributed by atoms with Crippen molar-refractivity contribution in [1.82, 2.24) is 5.32 Å². The van der Waals surface area contributed by atoms with Crippen LogP contribution in [-0.2, 0) is 6.42 Å². The molecular weight excluding hydrogens is 218 g/mol. The van der Waals surface area contributed by atoms with Crippen LogP contribution in [0.3, 0.4) is 0 Å². The summed E-state index contributed by atoms with van der Waals surface area (Å²) in [4.78, 5) is 0. The fourth-order valence-corrected chi connectivity index (χ4v) is 2.13. The van der Waals surface area contributed by atoms with Crippen molar-refractivity contribution < 1.29 is 0 Å². The summed E-state index contributed by atoms with van der Waals surface area (Å²) in [6.07, 6.45) is 6.25. The van der Waals surface area contributed by atoms with Gasteiger partial charge in [0.05, 0.1) is 0 Å². The van der Waals surface area contributed by atoms with Crippen LogP contribution in [0.15, 0.2) is 24.3 Å². The van der Waals surface area contributed by atoms with E-state index < -0.39 is 0 Å². The van der Waals surface area contributed by atoms with Crippen LogP contribution in [-0.4, -0.2) is 13.1 Å². The molecule has 102 valence electrons. The van der Waals surface area contributed by atoms with Crippen molar-refractivity contribution in [2.75, 3.05) is 13.1 Å². The lowest BCUT2D eigenvalue weighted by molar-refractivity contribution is 0.616. The third-order valence-corrected chi connectivity index (χ3v) is 3.66. The Kier molecular flexibility index (Phi) is 7.75. The van der Waals surface area contributed by atoms with Gasteiger partial charge >= 0.3 is 0 Å². The predicted molar refractivity (Wildman–Crippen MR) is 81.2 cm³/mol. The van der Waals surface area contributed by atoms with Crippen LogP contribution >= 0.6 is 0 Å². The molecule has 1 aromatic rings. The summed E-state index contributed by atoms with van der Waals surface area (Å²) >= 11 is 0. The molecule has 1 nitrogen and oxygen atoms in total. The van der Waals surface area contributed by atoms with Crippen LogP contribution in [0.1, 0.15) is 63.5 Å². The van der Waals surface area contributed by atoms with E-state index in [0.29, 0.717) is 5.92 Å². The largest absolute Gasteiger partial charge is 0.317 e. The molecule has 1 heteroatoms. The Morgan fingerprint density at radius 1 is 1.00 bits per heavy atom. The van der Waals surface area contributed by atoms with Crippen molar-refractivity contribution in [3.05, 3.63) is 35.4 Å². The second kappa shape index (κ2) is 9.16. The minimum absolute atomic E-state index is 0.692. The third kappa shape index (κ3) is 5.68. The summed E-state index contributed by atoms with van der Waals surface area (Å²) in [5.41, 5.74) is 2.96. The summed E-state index contributed by atoms with van der Waals surface area (Å²) < 4.78 is 0. The van der Waals surface area contributed by atoms with Gasteiger partial charge in [0.15, 0.2) is 0 Å². The van der Waals surface area contributed by atoms with E-state index in [2.05, 4.69) is 50.4 Å². The van der Waals surface area contributed by atoms with E-state index in [0.717, 1.165) is 6.54 Å². The molecule has 1 unspecified atom stereocenters. The lowest BCUT2D eigenvalue weighted by atomic mass is 9.96. The number of nitrogens with one attached hydrogen (secondary N) is 1. The number of hydrogen-bond acceptors (Lipinski definition) is 1. The molecule has 1 rings (SSSR count). The van der Waals surface area contributed by atoms with Gasteiger partial charge in [-0.05, 0) is 62.2 Å². The molecule has 1 N–H and O–H groups in total. The highest BCUT2D eigenvalue weighted by Crippen LogP contribution is 2.19. The van der Waals surface area contributed by atoms with Crippen molar-refractivity contribution in [2.45, 2.75) is 58.8 Å². The van der Waals surface area contributed by atoms with Gasteiger partial charge in [0.2, 0.25) is 0 Å². The number of aryl methyl sites for hydroxylation is 1. The van der Waals surface area contributed by atoms with Gasteiger partial charge in [-0.3, -0.25) is 0 Å². The first kappa shape index (κ1) is 15.2. The monoisotopic (exact) mass is 247 g/mol. The van der Waals surface area contributed by atoms with Crippen LogP contribution in [0.2, 0.25) is 0 Å². The van der Waals surface area contributed by atoms with Gasteiger partial charge in [0.1, 0.15) is 0 Å². The first-order valence-electron chi connectivity index (χ1n) is 7.57.